The third-order valence-electron chi connectivity index (χ3n) is 1.83. The zero-order valence-electron chi connectivity index (χ0n) is 8.20. The van der Waals surface area contributed by atoms with Crippen molar-refractivity contribution in [2.24, 2.45) is 0 Å². The fraction of sp³-hybridized carbons (Fsp3) is 0. The summed E-state index contributed by atoms with van der Waals surface area (Å²) in [5.74, 6) is 0. The van der Waals surface area contributed by atoms with E-state index in [2.05, 4.69) is 0 Å². The molecule has 0 spiro atoms. The summed E-state index contributed by atoms with van der Waals surface area (Å²) in [5, 5.41) is 20.5. The molecule has 0 radical (unpaired) electrons. The monoisotopic (exact) mass is 256 g/mol. The van der Waals surface area contributed by atoms with Gasteiger partial charge < -0.3 is 0 Å². The standard InChI is InChI=1S/C9H5ClN2O5/c10-9(13)5-4-6-7(11(14)15)2-1-3-8(6)12(16)17/h1-5H. The molecule has 1 aromatic rings. The Hall–Kier alpha value is -2.28. The van der Waals surface area contributed by atoms with Crippen LogP contribution in [0.3, 0.4) is 0 Å². The number of halogens is 1. The smallest absolute Gasteiger partial charge is 0.276 e. The van der Waals surface area contributed by atoms with Crippen molar-refractivity contribution in [3.63, 3.8) is 0 Å². The van der Waals surface area contributed by atoms with Crippen LogP contribution in [-0.2, 0) is 4.79 Å². The first-order chi connectivity index (χ1) is 7.93. The van der Waals surface area contributed by atoms with Crippen molar-refractivity contribution in [3.8, 4) is 0 Å². The molecule has 0 N–H and O–H groups in total. The Bertz CT molecular complexity index is 494. The number of nitrogens with zero attached hydrogens (tertiary/aromatic N) is 2. The van der Waals surface area contributed by atoms with E-state index in [9.17, 15) is 25.0 Å². The summed E-state index contributed by atoms with van der Waals surface area (Å²) >= 11 is 5.03. The summed E-state index contributed by atoms with van der Waals surface area (Å²) in [6.45, 7) is 0. The normalized spacial score (nSPS) is 10.4. The second kappa shape index (κ2) is 5.17. The Kier molecular flexibility index (Phi) is 3.89. The van der Waals surface area contributed by atoms with E-state index in [0.717, 1.165) is 24.3 Å². The van der Waals surface area contributed by atoms with E-state index >= 15 is 0 Å². The first-order valence-corrected chi connectivity index (χ1v) is 4.60. The minimum Gasteiger partial charge on any atom is -0.276 e. The second-order valence-electron chi connectivity index (χ2n) is 2.86. The maximum atomic E-state index is 10.7. The summed E-state index contributed by atoms with van der Waals surface area (Å²) in [5.41, 5.74) is -1.20. The van der Waals surface area contributed by atoms with Gasteiger partial charge in [0.1, 0.15) is 5.56 Å². The summed E-state index contributed by atoms with van der Waals surface area (Å²) in [7, 11) is 0. The first-order valence-electron chi connectivity index (χ1n) is 4.23. The van der Waals surface area contributed by atoms with E-state index < -0.39 is 26.5 Å². The number of nitro groups is 2. The Labute approximate surface area is 99.6 Å². The molecule has 17 heavy (non-hydrogen) atoms. The van der Waals surface area contributed by atoms with Crippen LogP contribution < -0.4 is 0 Å². The Morgan fingerprint density at radius 3 is 2.00 bits per heavy atom. The molecular formula is C9H5ClN2O5. The molecule has 0 bridgehead atoms. The van der Waals surface area contributed by atoms with Gasteiger partial charge in [0.15, 0.2) is 0 Å². The molecule has 8 heteroatoms. The van der Waals surface area contributed by atoms with Gasteiger partial charge in [0.2, 0.25) is 5.24 Å². The number of hydrogen-bond donors (Lipinski definition) is 0. The molecular weight excluding hydrogens is 252 g/mol. The lowest BCUT2D eigenvalue weighted by molar-refractivity contribution is -0.394. The van der Waals surface area contributed by atoms with Gasteiger partial charge in [-0.05, 0) is 29.8 Å². The van der Waals surface area contributed by atoms with E-state index in [0.29, 0.717) is 0 Å². The summed E-state index contributed by atoms with van der Waals surface area (Å²) in [4.78, 5) is 30.3. The minimum absolute atomic E-state index is 0.267. The molecule has 1 aromatic carbocycles. The largest absolute Gasteiger partial charge is 0.283 e. The number of hydrogen-bond acceptors (Lipinski definition) is 5. The van der Waals surface area contributed by atoms with Gasteiger partial charge in [0.05, 0.1) is 9.85 Å². The second-order valence-corrected chi connectivity index (χ2v) is 3.23. The molecule has 0 aliphatic carbocycles. The summed E-state index contributed by atoms with van der Waals surface area (Å²) in [6, 6.07) is 3.40. The molecule has 0 fully saturated rings. The van der Waals surface area contributed by atoms with Crippen LogP contribution in [0.15, 0.2) is 24.3 Å². The van der Waals surface area contributed by atoms with Crippen molar-refractivity contribution in [2.75, 3.05) is 0 Å². The van der Waals surface area contributed by atoms with Crippen molar-refractivity contribution >= 4 is 34.3 Å². The number of benzene rings is 1. The molecule has 0 aliphatic heterocycles. The zero-order valence-corrected chi connectivity index (χ0v) is 8.96. The van der Waals surface area contributed by atoms with E-state index in [-0.39, 0.29) is 5.56 Å². The van der Waals surface area contributed by atoms with Crippen molar-refractivity contribution < 1.29 is 14.6 Å². The lowest BCUT2D eigenvalue weighted by atomic mass is 10.1. The lowest BCUT2D eigenvalue weighted by Gasteiger charge is -1.98. The topological polar surface area (TPSA) is 103 Å². The van der Waals surface area contributed by atoms with Crippen molar-refractivity contribution in [1.82, 2.24) is 0 Å². The SMILES string of the molecule is O=C(Cl)C=Cc1c([N+](=O)[O-])cccc1[N+](=O)[O-]. The highest BCUT2D eigenvalue weighted by atomic mass is 35.5. The fourth-order valence-electron chi connectivity index (χ4n) is 1.18. The van der Waals surface area contributed by atoms with Gasteiger partial charge in [-0.15, -0.1) is 0 Å². The number of carbonyl (C=O) groups is 1. The average molecular weight is 257 g/mol. The third kappa shape index (κ3) is 3.08. The van der Waals surface area contributed by atoms with Gasteiger partial charge in [-0.25, -0.2) is 0 Å². The van der Waals surface area contributed by atoms with Crippen LogP contribution >= 0.6 is 11.6 Å². The van der Waals surface area contributed by atoms with E-state index in [1.54, 1.807) is 0 Å². The molecule has 0 saturated carbocycles. The number of nitro benzene ring substituents is 2. The molecule has 7 nitrogen and oxygen atoms in total. The molecule has 0 atom stereocenters. The van der Waals surface area contributed by atoms with Gasteiger partial charge in [0.25, 0.3) is 11.4 Å². The van der Waals surface area contributed by atoms with Crippen molar-refractivity contribution in [1.29, 1.82) is 0 Å². The maximum Gasteiger partial charge on any atom is 0.283 e. The van der Waals surface area contributed by atoms with Crippen LogP contribution in [0.4, 0.5) is 11.4 Å². The number of allylic oxidation sites excluding steroid dienone is 1. The van der Waals surface area contributed by atoms with Gasteiger partial charge in [-0.3, -0.25) is 25.0 Å². The van der Waals surface area contributed by atoms with Crippen LogP contribution in [-0.4, -0.2) is 15.1 Å². The predicted octanol–water partition coefficient (Wildman–Crippen LogP) is 2.28. The summed E-state index contributed by atoms with van der Waals surface area (Å²) in [6.07, 6.45) is 1.77. The van der Waals surface area contributed by atoms with E-state index in [1.165, 1.54) is 6.07 Å². The van der Waals surface area contributed by atoms with Crippen LogP contribution in [0.2, 0.25) is 0 Å². The molecule has 0 aliphatic rings. The lowest BCUT2D eigenvalue weighted by Crippen LogP contribution is -1.97. The van der Waals surface area contributed by atoms with Gasteiger partial charge in [-0.2, -0.15) is 0 Å². The molecule has 0 heterocycles. The van der Waals surface area contributed by atoms with Crippen LogP contribution in [0.25, 0.3) is 6.08 Å². The van der Waals surface area contributed by atoms with Gasteiger partial charge in [-0.1, -0.05) is 0 Å². The Morgan fingerprint density at radius 2 is 1.65 bits per heavy atom. The summed E-state index contributed by atoms with van der Waals surface area (Å²) < 4.78 is 0. The van der Waals surface area contributed by atoms with E-state index in [1.807, 2.05) is 0 Å². The van der Waals surface area contributed by atoms with Gasteiger partial charge in [0, 0.05) is 12.1 Å². The zero-order chi connectivity index (χ0) is 13.0. The third-order valence-corrected chi connectivity index (χ3v) is 1.96. The predicted molar refractivity (Wildman–Crippen MR) is 59.6 cm³/mol. The highest BCUT2D eigenvalue weighted by molar-refractivity contribution is 6.66. The van der Waals surface area contributed by atoms with Crippen LogP contribution in [0.1, 0.15) is 5.56 Å². The number of rotatable bonds is 4. The molecule has 0 unspecified atom stereocenters. The Balaban J connectivity index is 3.43. The average Bonchev–Trinajstić information content (AvgIpc) is 2.25. The maximum absolute atomic E-state index is 10.7. The molecule has 1 rings (SSSR count). The minimum atomic E-state index is -0.877. The number of carbonyl (C=O) groups excluding carboxylic acids is 1. The van der Waals surface area contributed by atoms with Crippen molar-refractivity contribution in [3.05, 3.63) is 50.1 Å². The molecule has 0 saturated heterocycles. The highest BCUT2D eigenvalue weighted by Crippen LogP contribution is 2.29. The Morgan fingerprint density at radius 1 is 1.18 bits per heavy atom. The van der Waals surface area contributed by atoms with Crippen LogP contribution in [0, 0.1) is 20.2 Å². The van der Waals surface area contributed by atoms with E-state index in [4.69, 9.17) is 11.6 Å². The van der Waals surface area contributed by atoms with Crippen molar-refractivity contribution in [2.45, 2.75) is 0 Å². The first kappa shape index (κ1) is 12.8. The fourth-order valence-corrected chi connectivity index (χ4v) is 1.24. The quantitative estimate of drug-likeness (QED) is 0.356. The molecule has 0 aromatic heterocycles. The van der Waals surface area contributed by atoms with Crippen LogP contribution in [0.5, 0.6) is 0 Å². The van der Waals surface area contributed by atoms with Gasteiger partial charge >= 0.3 is 0 Å². The molecule has 0 amide bonds. The highest BCUT2D eigenvalue weighted by Gasteiger charge is 2.22. The molecule has 88 valence electrons.